The Kier molecular flexibility index (Phi) is 54.7. The molecule has 0 aromatic rings. The van der Waals surface area contributed by atoms with Gasteiger partial charge in [-0.25, -0.2) is 0 Å². The Morgan fingerprint density at radius 1 is 0.284 bits per heavy atom. The van der Waals surface area contributed by atoms with Crippen molar-refractivity contribution in [3.8, 4) is 0 Å². The number of esters is 3. The van der Waals surface area contributed by atoms with Gasteiger partial charge in [-0.15, -0.1) is 0 Å². The first-order chi connectivity index (χ1) is 33.0. The van der Waals surface area contributed by atoms with Gasteiger partial charge in [0.1, 0.15) is 13.2 Å². The van der Waals surface area contributed by atoms with Gasteiger partial charge in [0.05, 0.1) is 0 Å². The molecule has 0 radical (unpaired) electrons. The van der Waals surface area contributed by atoms with Crippen LogP contribution in [0.4, 0.5) is 0 Å². The molecule has 394 valence electrons. The van der Waals surface area contributed by atoms with Gasteiger partial charge >= 0.3 is 17.9 Å². The highest BCUT2D eigenvalue weighted by molar-refractivity contribution is 5.71. The maximum atomic E-state index is 12.9. The normalized spacial score (nSPS) is 12.1. The third-order valence-corrected chi connectivity index (χ3v) is 13.4. The van der Waals surface area contributed by atoms with Crippen molar-refractivity contribution in [1.82, 2.24) is 0 Å². The summed E-state index contributed by atoms with van der Waals surface area (Å²) in [5.41, 5.74) is 0. The van der Waals surface area contributed by atoms with Gasteiger partial charge in [-0.3, -0.25) is 14.4 Å². The van der Waals surface area contributed by atoms with Gasteiger partial charge in [-0.05, 0) is 70.6 Å². The summed E-state index contributed by atoms with van der Waals surface area (Å²) in [6.07, 6.45) is 65.9. The monoisotopic (exact) mass is 943 g/mol. The minimum Gasteiger partial charge on any atom is -0.462 e. The number of carbonyl (C=O) groups excluding carboxylic acids is 3. The number of carbonyl (C=O) groups is 3. The summed E-state index contributed by atoms with van der Waals surface area (Å²) in [5, 5.41) is 0. The molecular weight excluding hydrogens is 829 g/mol. The first-order valence-corrected chi connectivity index (χ1v) is 29.8. The van der Waals surface area contributed by atoms with E-state index in [9.17, 15) is 14.4 Å². The van der Waals surface area contributed by atoms with Crippen LogP contribution in [0.5, 0.6) is 0 Å². The van der Waals surface area contributed by atoms with Crippen molar-refractivity contribution in [1.29, 1.82) is 0 Å². The number of hydrogen-bond acceptors (Lipinski definition) is 6. The van der Waals surface area contributed by atoms with Crippen LogP contribution in [-0.2, 0) is 28.6 Å². The molecule has 0 amide bonds. The van der Waals surface area contributed by atoms with Crippen molar-refractivity contribution in [2.24, 2.45) is 0 Å². The Morgan fingerprint density at radius 2 is 0.493 bits per heavy atom. The summed E-state index contributed by atoms with van der Waals surface area (Å²) < 4.78 is 16.9. The molecule has 0 aliphatic rings. The number of ether oxygens (including phenoxy) is 3. The molecule has 6 nitrogen and oxygen atoms in total. The molecule has 0 saturated carbocycles. The lowest BCUT2D eigenvalue weighted by atomic mass is 10.0. The second-order valence-corrected chi connectivity index (χ2v) is 20.3. The molecule has 0 heterocycles. The van der Waals surface area contributed by atoms with Crippen molar-refractivity contribution >= 4 is 17.9 Å². The van der Waals surface area contributed by atoms with Crippen LogP contribution in [0.3, 0.4) is 0 Å². The van der Waals surface area contributed by atoms with Crippen LogP contribution >= 0.6 is 0 Å². The Morgan fingerprint density at radius 3 is 0.746 bits per heavy atom. The Bertz CT molecular complexity index is 1080. The number of unbranched alkanes of at least 4 members (excludes halogenated alkanes) is 40. The molecule has 0 aliphatic carbocycles. The molecule has 6 heteroatoms. The van der Waals surface area contributed by atoms with Crippen LogP contribution in [0.2, 0.25) is 0 Å². The molecule has 0 rings (SSSR count). The smallest absolute Gasteiger partial charge is 0.306 e. The first kappa shape index (κ1) is 64.9. The second kappa shape index (κ2) is 56.5. The van der Waals surface area contributed by atoms with E-state index in [2.05, 4.69) is 45.1 Å². The van der Waals surface area contributed by atoms with Gasteiger partial charge in [0, 0.05) is 19.3 Å². The van der Waals surface area contributed by atoms with Crippen LogP contribution in [0, 0.1) is 0 Å². The average Bonchev–Trinajstić information content (AvgIpc) is 3.33. The molecule has 0 bridgehead atoms. The fourth-order valence-electron chi connectivity index (χ4n) is 8.91. The molecule has 0 aliphatic heterocycles. The highest BCUT2D eigenvalue weighted by Gasteiger charge is 2.19. The first-order valence-electron chi connectivity index (χ1n) is 29.8. The average molecular weight is 944 g/mol. The molecule has 0 aromatic carbocycles. The van der Waals surface area contributed by atoms with E-state index in [0.29, 0.717) is 19.3 Å². The Hall–Kier alpha value is -2.11. The minimum atomic E-state index is -0.774. The van der Waals surface area contributed by atoms with Gasteiger partial charge in [0.15, 0.2) is 6.10 Å². The SMILES string of the molecule is CCCCCCCCC/C=C\CCCCCCCCCC(=O)OCC(COC(=O)CCCCCCCCCCCCCCCCC)OC(=O)CCCCCCC/C=C\CCCCCCCCC. The van der Waals surface area contributed by atoms with E-state index in [1.165, 1.54) is 225 Å². The maximum absolute atomic E-state index is 12.9. The largest absolute Gasteiger partial charge is 0.462 e. The number of rotatable bonds is 55. The van der Waals surface area contributed by atoms with E-state index >= 15 is 0 Å². The molecule has 1 unspecified atom stereocenters. The quantitative estimate of drug-likeness (QED) is 0.0262. The summed E-state index contributed by atoms with van der Waals surface area (Å²) >= 11 is 0. The lowest BCUT2D eigenvalue weighted by Crippen LogP contribution is -2.30. The summed E-state index contributed by atoms with van der Waals surface area (Å²) in [6.45, 7) is 6.68. The highest BCUT2D eigenvalue weighted by Crippen LogP contribution is 2.17. The van der Waals surface area contributed by atoms with E-state index in [1.54, 1.807) is 0 Å². The van der Waals surface area contributed by atoms with E-state index in [0.717, 1.165) is 64.2 Å². The van der Waals surface area contributed by atoms with Crippen molar-refractivity contribution in [3.05, 3.63) is 24.3 Å². The minimum absolute atomic E-state index is 0.0714. The molecule has 0 N–H and O–H groups in total. The predicted molar refractivity (Wildman–Crippen MR) is 289 cm³/mol. The van der Waals surface area contributed by atoms with Crippen molar-refractivity contribution < 1.29 is 28.6 Å². The van der Waals surface area contributed by atoms with E-state index < -0.39 is 6.10 Å². The van der Waals surface area contributed by atoms with Gasteiger partial charge in [0.25, 0.3) is 0 Å². The van der Waals surface area contributed by atoms with Crippen LogP contribution in [-0.4, -0.2) is 37.2 Å². The van der Waals surface area contributed by atoms with Crippen LogP contribution in [0.25, 0.3) is 0 Å². The molecule has 0 spiro atoms. The molecule has 0 saturated heterocycles. The second-order valence-electron chi connectivity index (χ2n) is 20.3. The van der Waals surface area contributed by atoms with Gasteiger partial charge < -0.3 is 14.2 Å². The Balaban J connectivity index is 4.34. The highest BCUT2D eigenvalue weighted by atomic mass is 16.6. The Labute approximate surface area is 417 Å². The van der Waals surface area contributed by atoms with E-state index in [-0.39, 0.29) is 31.1 Å². The number of allylic oxidation sites excluding steroid dienone is 4. The predicted octanol–water partition coefficient (Wildman–Crippen LogP) is 19.9. The molecule has 67 heavy (non-hydrogen) atoms. The van der Waals surface area contributed by atoms with Crippen molar-refractivity contribution in [3.63, 3.8) is 0 Å². The zero-order chi connectivity index (χ0) is 48.6. The lowest BCUT2D eigenvalue weighted by Gasteiger charge is -2.18. The summed E-state index contributed by atoms with van der Waals surface area (Å²) in [7, 11) is 0. The molecule has 0 fully saturated rings. The summed E-state index contributed by atoms with van der Waals surface area (Å²) in [4.78, 5) is 38.2. The van der Waals surface area contributed by atoms with Gasteiger partial charge in [-0.2, -0.15) is 0 Å². The zero-order valence-corrected chi connectivity index (χ0v) is 45.2. The third kappa shape index (κ3) is 54.7. The molecular formula is C61H114O6. The topological polar surface area (TPSA) is 78.9 Å². The van der Waals surface area contributed by atoms with Crippen molar-refractivity contribution in [2.75, 3.05) is 13.2 Å². The number of hydrogen-bond donors (Lipinski definition) is 0. The standard InChI is InChI=1S/C61H114O6/c1-4-7-10-13-16-19-22-25-28-30-31-34-36-39-42-45-48-51-54-60(63)66-57-58(56-65-59(62)53-50-47-44-41-38-35-32-27-24-21-18-15-12-9-6-3)67-61(64)55-52-49-46-43-40-37-33-29-26-23-20-17-14-11-8-5-2/h28-30,33,58H,4-27,31-32,34-57H2,1-3H3/b30-28-,33-29-. The fraction of sp³-hybridized carbons (Fsp3) is 0.885. The maximum Gasteiger partial charge on any atom is 0.306 e. The van der Waals surface area contributed by atoms with Crippen LogP contribution in [0.15, 0.2) is 24.3 Å². The van der Waals surface area contributed by atoms with Gasteiger partial charge in [-0.1, -0.05) is 263 Å². The van der Waals surface area contributed by atoms with E-state index in [1.807, 2.05) is 0 Å². The summed E-state index contributed by atoms with van der Waals surface area (Å²) in [5.74, 6) is -0.863. The lowest BCUT2D eigenvalue weighted by molar-refractivity contribution is -0.167. The van der Waals surface area contributed by atoms with Crippen molar-refractivity contribution in [2.45, 2.75) is 335 Å². The molecule has 1 atom stereocenters. The third-order valence-electron chi connectivity index (χ3n) is 13.4. The van der Waals surface area contributed by atoms with Crippen LogP contribution < -0.4 is 0 Å². The zero-order valence-electron chi connectivity index (χ0n) is 45.2. The summed E-state index contributed by atoms with van der Waals surface area (Å²) in [6, 6.07) is 0. The fourth-order valence-corrected chi connectivity index (χ4v) is 8.91. The molecule has 0 aromatic heterocycles. The van der Waals surface area contributed by atoms with E-state index in [4.69, 9.17) is 14.2 Å². The van der Waals surface area contributed by atoms with Crippen LogP contribution in [0.1, 0.15) is 329 Å². The van der Waals surface area contributed by atoms with Gasteiger partial charge in [0.2, 0.25) is 0 Å².